The maximum Gasteiger partial charge on any atom is 0.135 e. The first-order valence-electron chi connectivity index (χ1n) is 20.9. The fourth-order valence-electron chi connectivity index (χ4n) is 9.40. The summed E-state index contributed by atoms with van der Waals surface area (Å²) in [6, 6.07) is 58.7. The molecule has 1 aliphatic rings. The van der Waals surface area contributed by atoms with E-state index < -0.39 is 0 Å². The van der Waals surface area contributed by atoms with Crippen LogP contribution in [0.5, 0.6) is 11.5 Å². The third-order valence-corrected chi connectivity index (χ3v) is 12.0. The molecule has 308 valence electrons. The molecule has 10 aromatic rings. The molecule has 4 heterocycles. The first-order valence-corrected chi connectivity index (χ1v) is 20.9. The predicted molar refractivity (Wildman–Crippen MR) is 251 cm³/mol. The van der Waals surface area contributed by atoms with Crippen LogP contribution < -0.4 is 14.5 Å². The van der Waals surface area contributed by atoms with E-state index in [0.29, 0.717) is 11.5 Å². The van der Waals surface area contributed by atoms with E-state index in [0.717, 1.165) is 61.4 Å². The zero-order valence-corrected chi connectivity index (χ0v) is 37.7. The molecule has 3 aromatic heterocycles. The molecule has 11 rings (SSSR count). The summed E-state index contributed by atoms with van der Waals surface area (Å²) < 4.78 is 11.4. The molecule has 0 atom stereocenters. The number of para-hydroxylation sites is 4. The molecule has 1 aliphatic heterocycles. The van der Waals surface area contributed by atoms with E-state index in [2.05, 4.69) is 207 Å². The average Bonchev–Trinajstić information content (AvgIpc) is 3.91. The number of aromatic nitrogens is 3. The van der Waals surface area contributed by atoms with Gasteiger partial charge >= 0.3 is 0 Å². The van der Waals surface area contributed by atoms with Gasteiger partial charge in [0.25, 0.3) is 0 Å². The van der Waals surface area contributed by atoms with Crippen molar-refractivity contribution in [1.82, 2.24) is 14.1 Å². The maximum absolute atomic E-state index is 6.72. The van der Waals surface area contributed by atoms with Crippen LogP contribution in [0.15, 0.2) is 152 Å². The third kappa shape index (κ3) is 6.39. The van der Waals surface area contributed by atoms with E-state index in [1.165, 1.54) is 38.7 Å². The van der Waals surface area contributed by atoms with Crippen molar-refractivity contribution in [3.63, 3.8) is 0 Å². The van der Waals surface area contributed by atoms with Gasteiger partial charge in [-0.1, -0.05) is 98.6 Å². The molecule has 7 aromatic carbocycles. The molecule has 0 saturated heterocycles. The Bertz CT molecular complexity index is 3330. The van der Waals surface area contributed by atoms with Crippen molar-refractivity contribution in [3.05, 3.63) is 193 Å². The normalized spacial score (nSPS) is 12.7. The van der Waals surface area contributed by atoms with Gasteiger partial charge in [0.05, 0.1) is 16.6 Å². The summed E-state index contributed by atoms with van der Waals surface area (Å²) in [7, 11) is 0. The number of nitrogens with zero attached hydrogens (tertiary/aromatic N) is 5. The Morgan fingerprint density at radius 2 is 1.29 bits per heavy atom. The molecular weight excluding hydrogens is 942 g/mol. The fraction of sp³-hybridized carbons (Fsp3) is 0.127. The topological polar surface area (TPSA) is 38.5 Å². The Kier molecular flexibility index (Phi) is 9.61. The monoisotopic (exact) mass is 985 g/mol. The van der Waals surface area contributed by atoms with Crippen molar-refractivity contribution in [1.29, 1.82) is 0 Å². The quantitative estimate of drug-likeness (QED) is 0.156. The molecular formula is C55H44N5OPt-3. The molecule has 0 fully saturated rings. The molecule has 0 bridgehead atoms. The molecule has 6 nitrogen and oxygen atoms in total. The van der Waals surface area contributed by atoms with Crippen molar-refractivity contribution in [2.45, 2.75) is 47.0 Å². The van der Waals surface area contributed by atoms with Crippen LogP contribution in [0.1, 0.15) is 43.0 Å². The second-order valence-corrected chi connectivity index (χ2v) is 17.2. The summed E-state index contributed by atoms with van der Waals surface area (Å²) in [5.74, 6) is 2.03. The standard InChI is InChI=1S/C55H44N5O.Pt/c1-35-29-36(2)53(37(3)30-35)58-34-57(47-21-12-13-22-48(47)58)40-17-14-18-41(32-40)61-42-23-24-43-44-25-26-49-52(45-19-10-11-20-46(45)59(49)39-15-8-7-9-16-39)54(44)60(50(43)33-42)51-31-38(27-28-56-51)55(4,5)6;/h7-31,34H,1-6H3;/q-3;. The van der Waals surface area contributed by atoms with Crippen LogP contribution in [0.3, 0.4) is 0 Å². The Labute approximate surface area is 376 Å². The summed E-state index contributed by atoms with van der Waals surface area (Å²) in [5.41, 5.74) is 14.5. The van der Waals surface area contributed by atoms with Gasteiger partial charge in [0.1, 0.15) is 5.82 Å². The number of hydrogen-bond acceptors (Lipinski definition) is 4. The molecule has 0 saturated carbocycles. The van der Waals surface area contributed by atoms with Crippen LogP contribution in [0.4, 0.5) is 22.7 Å². The largest absolute Gasteiger partial charge is 0.509 e. The summed E-state index contributed by atoms with van der Waals surface area (Å²) in [6.45, 7) is 15.4. The minimum Gasteiger partial charge on any atom is -0.509 e. The minimum atomic E-state index is -0.0734. The number of rotatable bonds is 6. The Morgan fingerprint density at radius 1 is 0.597 bits per heavy atom. The predicted octanol–water partition coefficient (Wildman–Crippen LogP) is 14.3. The van der Waals surface area contributed by atoms with Crippen LogP contribution in [-0.2, 0) is 26.5 Å². The zero-order valence-electron chi connectivity index (χ0n) is 35.5. The van der Waals surface area contributed by atoms with E-state index in [4.69, 9.17) is 9.72 Å². The van der Waals surface area contributed by atoms with Crippen molar-refractivity contribution >= 4 is 66.4 Å². The summed E-state index contributed by atoms with van der Waals surface area (Å²) in [6.07, 6.45) is 1.93. The number of aryl methyl sites for hydroxylation is 3. The van der Waals surface area contributed by atoms with E-state index in [1.807, 2.05) is 24.4 Å². The zero-order chi connectivity index (χ0) is 41.6. The summed E-state index contributed by atoms with van der Waals surface area (Å²) in [5, 5.41) is 4.55. The second-order valence-electron chi connectivity index (χ2n) is 17.2. The van der Waals surface area contributed by atoms with Crippen LogP contribution in [0, 0.1) is 39.6 Å². The van der Waals surface area contributed by atoms with Gasteiger partial charge in [-0.15, -0.1) is 48.1 Å². The third-order valence-electron chi connectivity index (χ3n) is 12.0. The van der Waals surface area contributed by atoms with Crippen molar-refractivity contribution in [3.8, 4) is 23.0 Å². The molecule has 0 N–H and O–H groups in total. The van der Waals surface area contributed by atoms with Gasteiger partial charge in [-0.3, -0.25) is 0 Å². The Hall–Kier alpha value is -6.62. The summed E-state index contributed by atoms with van der Waals surface area (Å²) in [4.78, 5) is 9.54. The van der Waals surface area contributed by atoms with Gasteiger partial charge < -0.3 is 23.7 Å². The first-order chi connectivity index (χ1) is 29.6. The van der Waals surface area contributed by atoms with E-state index in [-0.39, 0.29) is 26.5 Å². The first kappa shape index (κ1) is 39.5. The average molecular weight is 986 g/mol. The fourth-order valence-corrected chi connectivity index (χ4v) is 9.40. The van der Waals surface area contributed by atoms with Crippen molar-refractivity contribution in [2.75, 3.05) is 9.80 Å². The number of benzene rings is 7. The van der Waals surface area contributed by atoms with Gasteiger partial charge in [0, 0.05) is 72.3 Å². The number of anilines is 4. The van der Waals surface area contributed by atoms with E-state index in [1.54, 1.807) is 0 Å². The number of pyridine rings is 1. The van der Waals surface area contributed by atoms with Crippen molar-refractivity contribution < 1.29 is 25.8 Å². The maximum atomic E-state index is 6.72. The van der Waals surface area contributed by atoms with Gasteiger partial charge in [0.2, 0.25) is 0 Å². The molecule has 0 radical (unpaired) electrons. The number of hydrogen-bond donors (Lipinski definition) is 0. The number of fused-ring (bicyclic) bond motifs is 8. The molecule has 7 heteroatoms. The molecule has 62 heavy (non-hydrogen) atoms. The molecule has 0 amide bonds. The molecule has 0 spiro atoms. The van der Waals surface area contributed by atoms with E-state index in [9.17, 15) is 0 Å². The van der Waals surface area contributed by atoms with Gasteiger partial charge in [-0.2, -0.15) is 12.1 Å². The van der Waals surface area contributed by atoms with Crippen LogP contribution in [0.25, 0.3) is 55.1 Å². The van der Waals surface area contributed by atoms with Crippen molar-refractivity contribution in [2.24, 2.45) is 0 Å². The number of ether oxygens (including phenoxy) is 1. The van der Waals surface area contributed by atoms with E-state index >= 15 is 0 Å². The van der Waals surface area contributed by atoms with Crippen LogP contribution in [-0.4, -0.2) is 14.1 Å². The summed E-state index contributed by atoms with van der Waals surface area (Å²) >= 11 is 0. The Balaban J connectivity index is 0.00000458. The van der Waals surface area contributed by atoms with Gasteiger partial charge in [0.15, 0.2) is 0 Å². The Morgan fingerprint density at radius 3 is 2.06 bits per heavy atom. The smallest absolute Gasteiger partial charge is 0.135 e. The molecule has 0 unspecified atom stereocenters. The minimum absolute atomic E-state index is 0. The second kappa shape index (κ2) is 15.1. The van der Waals surface area contributed by atoms with Crippen LogP contribution >= 0.6 is 0 Å². The van der Waals surface area contributed by atoms with Gasteiger partial charge in [-0.25, -0.2) is 4.98 Å². The SMILES string of the molecule is Cc1cc(C)c(N2[CH-]N(c3[c-]c(Oc4[c-]c5c(cc4)c4ccc6c(c7ccccc7n6-c6ccccc6)c4n5-c4cc(C(C)(C)C)ccn4)ccc3)c3ccccc32)c(C)c1.[Pt]. The van der Waals surface area contributed by atoms with Crippen LogP contribution in [0.2, 0.25) is 0 Å². The molecule has 0 aliphatic carbocycles. The van der Waals surface area contributed by atoms with Gasteiger partial charge in [-0.05, 0) is 96.8 Å².